The van der Waals surface area contributed by atoms with Gasteiger partial charge in [0.05, 0.1) is 22.8 Å². The first-order chi connectivity index (χ1) is 16.0. The molecule has 2 aromatic carbocycles. The highest BCUT2D eigenvalue weighted by Gasteiger charge is 2.34. The van der Waals surface area contributed by atoms with Gasteiger partial charge in [0.15, 0.2) is 0 Å². The van der Waals surface area contributed by atoms with E-state index in [-0.39, 0.29) is 6.10 Å². The molecule has 0 bridgehead atoms. The Labute approximate surface area is 203 Å². The molecule has 1 saturated heterocycles. The van der Waals surface area contributed by atoms with Crippen LogP contribution in [0.25, 0.3) is 11.3 Å². The summed E-state index contributed by atoms with van der Waals surface area (Å²) in [5.74, 6) is 1.29. The first-order valence-electron chi connectivity index (χ1n) is 11.3. The van der Waals surface area contributed by atoms with Crippen LogP contribution in [0.4, 0.5) is 5.69 Å². The van der Waals surface area contributed by atoms with Crippen molar-refractivity contribution in [2.75, 3.05) is 18.0 Å². The lowest BCUT2D eigenvalue weighted by molar-refractivity contribution is 0.0246. The monoisotopic (exact) mass is 486 g/mol. The lowest BCUT2D eigenvalue weighted by Crippen LogP contribution is -2.37. The van der Waals surface area contributed by atoms with Crippen LogP contribution in [0.1, 0.15) is 42.9 Å². The van der Waals surface area contributed by atoms with E-state index in [2.05, 4.69) is 10.1 Å². The lowest BCUT2D eigenvalue weighted by Gasteiger charge is -2.33. The number of ether oxygens (including phenoxy) is 1. The fraction of sp³-hybridized carbons (Fsp3) is 0.375. The summed E-state index contributed by atoms with van der Waals surface area (Å²) in [6.45, 7) is 2.15. The van der Waals surface area contributed by atoms with Crippen molar-refractivity contribution < 1.29 is 19.3 Å². The number of rotatable bonds is 7. The van der Waals surface area contributed by atoms with Gasteiger partial charge in [-0.15, -0.1) is 0 Å². The van der Waals surface area contributed by atoms with Crippen LogP contribution in [0, 0.1) is 0 Å². The zero-order valence-electron chi connectivity index (χ0n) is 18.1. The quantitative estimate of drug-likeness (QED) is 0.482. The number of nitrogens with zero attached hydrogens (tertiary/aromatic N) is 2. The van der Waals surface area contributed by atoms with Gasteiger partial charge in [-0.2, -0.15) is 0 Å². The van der Waals surface area contributed by atoms with Crippen molar-refractivity contribution in [2.45, 2.75) is 44.3 Å². The van der Waals surface area contributed by atoms with Gasteiger partial charge in [0.25, 0.3) is 0 Å². The molecule has 3 aromatic rings. The van der Waals surface area contributed by atoms with Crippen LogP contribution in [0.3, 0.4) is 0 Å². The molecule has 2 heterocycles. The van der Waals surface area contributed by atoms with Crippen LogP contribution < -0.4 is 10.4 Å². The van der Waals surface area contributed by atoms with Gasteiger partial charge < -0.3 is 24.2 Å². The summed E-state index contributed by atoms with van der Waals surface area (Å²) in [5, 5.41) is 24.0. The molecule has 6 nitrogen and oxygen atoms in total. The second-order valence-electron chi connectivity index (χ2n) is 8.71. The summed E-state index contributed by atoms with van der Waals surface area (Å²) in [4.78, 5) is 2.29. The number of hydrogen-bond donors (Lipinski definition) is 2. The van der Waals surface area contributed by atoms with Crippen molar-refractivity contribution >= 4 is 41.5 Å². The molecule has 0 spiro atoms. The van der Waals surface area contributed by atoms with Gasteiger partial charge in [-0.05, 0) is 55.4 Å². The topological polar surface area (TPSA) is 79.0 Å². The van der Waals surface area contributed by atoms with E-state index < -0.39 is 7.12 Å². The van der Waals surface area contributed by atoms with E-state index in [1.54, 1.807) is 12.1 Å². The molecule has 0 atom stereocenters. The Morgan fingerprint density at radius 3 is 2.27 bits per heavy atom. The number of hydrogen-bond acceptors (Lipinski definition) is 6. The van der Waals surface area contributed by atoms with Gasteiger partial charge in [0.2, 0.25) is 0 Å². The smallest absolute Gasteiger partial charge is 0.423 e. The molecule has 0 amide bonds. The number of piperidine rings is 1. The van der Waals surface area contributed by atoms with E-state index in [9.17, 15) is 10.0 Å². The number of anilines is 1. The second-order valence-corrected chi connectivity index (χ2v) is 9.52. The Kier molecular flexibility index (Phi) is 6.68. The Balaban J connectivity index is 1.25. The Morgan fingerprint density at radius 2 is 1.67 bits per heavy atom. The molecule has 0 radical (unpaired) electrons. The fourth-order valence-electron chi connectivity index (χ4n) is 4.39. The Hall–Kier alpha value is -2.03. The second kappa shape index (κ2) is 9.68. The Bertz CT molecular complexity index is 1090. The van der Waals surface area contributed by atoms with Gasteiger partial charge in [-0.25, -0.2) is 0 Å². The minimum Gasteiger partial charge on any atom is -0.423 e. The molecule has 2 N–H and O–H groups in total. The normalized spacial score (nSPS) is 16.9. The van der Waals surface area contributed by atoms with E-state index in [1.165, 1.54) is 0 Å². The molecular formula is C24H25BCl2N2O4. The van der Waals surface area contributed by atoms with E-state index in [4.69, 9.17) is 32.5 Å². The summed E-state index contributed by atoms with van der Waals surface area (Å²) in [6.07, 6.45) is 4.13. The molecule has 1 aromatic heterocycles. The highest BCUT2D eigenvalue weighted by Crippen LogP contribution is 2.46. The maximum atomic E-state index is 9.28. The third-order valence-electron chi connectivity index (χ3n) is 6.43. The van der Waals surface area contributed by atoms with Crippen LogP contribution >= 0.6 is 23.2 Å². The predicted molar refractivity (Wildman–Crippen MR) is 130 cm³/mol. The van der Waals surface area contributed by atoms with Crippen molar-refractivity contribution in [3.05, 3.63) is 63.8 Å². The average molecular weight is 487 g/mol. The van der Waals surface area contributed by atoms with E-state index in [0.717, 1.165) is 55.8 Å². The van der Waals surface area contributed by atoms with Gasteiger partial charge in [-0.3, -0.25) is 0 Å². The number of benzene rings is 2. The van der Waals surface area contributed by atoms with E-state index in [1.807, 2.05) is 30.3 Å². The third kappa shape index (κ3) is 4.93. The summed E-state index contributed by atoms with van der Waals surface area (Å²) < 4.78 is 12.1. The summed E-state index contributed by atoms with van der Waals surface area (Å²) in [6, 6.07) is 12.8. The molecular weight excluding hydrogens is 462 g/mol. The van der Waals surface area contributed by atoms with E-state index in [0.29, 0.717) is 39.3 Å². The maximum absolute atomic E-state index is 9.28. The molecule has 1 aliphatic carbocycles. The highest BCUT2D eigenvalue weighted by molar-refractivity contribution is 6.58. The lowest BCUT2D eigenvalue weighted by atomic mass is 9.80. The largest absolute Gasteiger partial charge is 0.488 e. The van der Waals surface area contributed by atoms with Crippen molar-refractivity contribution in [2.24, 2.45) is 0 Å². The molecule has 2 aliphatic rings. The van der Waals surface area contributed by atoms with E-state index >= 15 is 0 Å². The third-order valence-corrected chi connectivity index (χ3v) is 7.06. The molecule has 33 heavy (non-hydrogen) atoms. The van der Waals surface area contributed by atoms with Crippen LogP contribution in [0.5, 0.6) is 0 Å². The van der Waals surface area contributed by atoms with Gasteiger partial charge in [-0.1, -0.05) is 46.6 Å². The van der Waals surface area contributed by atoms with Gasteiger partial charge in [0, 0.05) is 35.8 Å². The zero-order valence-corrected chi connectivity index (χ0v) is 19.6. The van der Waals surface area contributed by atoms with Crippen LogP contribution in [0.15, 0.2) is 47.0 Å². The standard InChI is InChI=1S/C24H25BCl2N2O4/c26-20-2-1-3-21(27)22(20)23-19(24(33-28-23)15-4-5-15)14-32-18-10-12-29(13-11-18)17-8-6-16(7-9-17)25(30)31/h1-3,6-9,15,18,30-31H,4-5,10-14H2. The minimum absolute atomic E-state index is 0.135. The molecule has 2 fully saturated rings. The average Bonchev–Trinajstić information content (AvgIpc) is 3.58. The van der Waals surface area contributed by atoms with Crippen molar-refractivity contribution in [1.29, 1.82) is 0 Å². The van der Waals surface area contributed by atoms with Crippen molar-refractivity contribution in [3.63, 3.8) is 0 Å². The number of aromatic nitrogens is 1. The first kappa shape index (κ1) is 22.8. The van der Waals surface area contributed by atoms with Crippen molar-refractivity contribution in [1.82, 2.24) is 5.16 Å². The van der Waals surface area contributed by atoms with Crippen LogP contribution in [-0.2, 0) is 11.3 Å². The molecule has 5 rings (SSSR count). The highest BCUT2D eigenvalue weighted by atomic mass is 35.5. The van der Waals surface area contributed by atoms with Crippen molar-refractivity contribution in [3.8, 4) is 11.3 Å². The van der Waals surface area contributed by atoms with Gasteiger partial charge >= 0.3 is 7.12 Å². The van der Waals surface area contributed by atoms with Crippen LogP contribution in [0.2, 0.25) is 10.0 Å². The predicted octanol–water partition coefficient (Wildman–Crippen LogP) is 4.39. The molecule has 0 unspecified atom stereocenters. The molecule has 172 valence electrons. The SMILES string of the molecule is OB(O)c1ccc(N2CCC(OCc3c(-c4c(Cl)cccc4Cl)noc3C3CC3)CC2)cc1. The maximum Gasteiger partial charge on any atom is 0.488 e. The fourth-order valence-corrected chi connectivity index (χ4v) is 4.96. The first-order valence-corrected chi connectivity index (χ1v) is 12.0. The molecule has 1 aliphatic heterocycles. The minimum atomic E-state index is -1.44. The molecule has 1 saturated carbocycles. The van der Waals surface area contributed by atoms with Crippen LogP contribution in [-0.4, -0.2) is 41.5 Å². The summed E-state index contributed by atoms with van der Waals surface area (Å²) >= 11 is 12.9. The number of halogens is 2. The van der Waals surface area contributed by atoms with Gasteiger partial charge in [0.1, 0.15) is 11.5 Å². The zero-order chi connectivity index (χ0) is 22.9. The Morgan fingerprint density at radius 1 is 1.00 bits per heavy atom. The summed E-state index contributed by atoms with van der Waals surface area (Å²) in [5.41, 5.74) is 3.89. The molecule has 9 heteroatoms. The summed E-state index contributed by atoms with van der Waals surface area (Å²) in [7, 11) is -1.44.